The van der Waals surface area contributed by atoms with E-state index in [1.54, 1.807) is 13.8 Å². The van der Waals surface area contributed by atoms with Gasteiger partial charge in [-0.15, -0.1) is 0 Å². The van der Waals surface area contributed by atoms with Crippen LogP contribution in [-0.2, 0) is 9.53 Å². The Morgan fingerprint density at radius 3 is 2.82 bits per heavy atom. The van der Waals surface area contributed by atoms with Crippen molar-refractivity contribution in [2.24, 2.45) is 5.92 Å². The molecule has 2 N–H and O–H groups in total. The monoisotopic (exact) mass is 242 g/mol. The molecule has 0 radical (unpaired) electrons. The predicted molar refractivity (Wildman–Crippen MR) is 64.4 cm³/mol. The Balaban J connectivity index is 2.84. The molecule has 1 aliphatic rings. The first-order valence-corrected chi connectivity index (χ1v) is 6.07. The van der Waals surface area contributed by atoms with Gasteiger partial charge < -0.3 is 14.9 Å². The summed E-state index contributed by atoms with van der Waals surface area (Å²) in [6, 6.07) is 0. The zero-order valence-electron chi connectivity index (χ0n) is 10.8. The molecule has 0 saturated heterocycles. The molecule has 1 heterocycles. The molecule has 17 heavy (non-hydrogen) atoms. The smallest absolute Gasteiger partial charge is 0.311 e. The van der Waals surface area contributed by atoms with Crippen LogP contribution in [0.5, 0.6) is 0 Å². The lowest BCUT2D eigenvalue weighted by atomic mass is 9.85. The Bertz CT molecular complexity index is 307. The molecule has 1 aliphatic heterocycles. The molecule has 4 heteroatoms. The fourth-order valence-electron chi connectivity index (χ4n) is 2.04. The maximum atomic E-state index is 11.6. The molecule has 0 aliphatic carbocycles. The molecule has 0 amide bonds. The highest BCUT2D eigenvalue weighted by molar-refractivity contribution is 5.73. The van der Waals surface area contributed by atoms with E-state index in [-0.39, 0.29) is 6.61 Å². The number of esters is 1. The van der Waals surface area contributed by atoms with Crippen LogP contribution in [0.15, 0.2) is 11.6 Å². The van der Waals surface area contributed by atoms with Crippen LogP contribution < -0.4 is 0 Å². The average molecular weight is 242 g/mol. The number of cyclic esters (lactones) is 1. The predicted octanol–water partition coefficient (Wildman–Crippen LogP) is 1.41. The summed E-state index contributed by atoms with van der Waals surface area (Å²) < 4.78 is 5.03. The highest BCUT2D eigenvalue weighted by Crippen LogP contribution is 2.25. The van der Waals surface area contributed by atoms with Crippen molar-refractivity contribution in [2.45, 2.75) is 51.7 Å². The Morgan fingerprint density at radius 1 is 1.53 bits per heavy atom. The number of carbonyl (C=O) groups is 1. The van der Waals surface area contributed by atoms with Gasteiger partial charge in [0.25, 0.3) is 0 Å². The molecule has 0 fully saturated rings. The maximum absolute atomic E-state index is 11.6. The van der Waals surface area contributed by atoms with E-state index >= 15 is 0 Å². The van der Waals surface area contributed by atoms with Gasteiger partial charge in [-0.3, -0.25) is 4.79 Å². The van der Waals surface area contributed by atoms with E-state index in [2.05, 4.69) is 0 Å². The van der Waals surface area contributed by atoms with Crippen molar-refractivity contribution in [1.82, 2.24) is 0 Å². The lowest BCUT2D eigenvalue weighted by Gasteiger charge is -2.32. The molecule has 0 aromatic carbocycles. The summed E-state index contributed by atoms with van der Waals surface area (Å²) in [5.74, 6) is -1.18. The fraction of sp³-hybridized carbons (Fsp3) is 0.769. The Hall–Kier alpha value is -0.870. The largest absolute Gasteiger partial charge is 0.461 e. The van der Waals surface area contributed by atoms with Gasteiger partial charge in [-0.25, -0.2) is 0 Å². The SMILES string of the molecule is C/C1=C\COC(=O)C(C)[C@@H](O)[C@](C)(O)CCC1. The van der Waals surface area contributed by atoms with Gasteiger partial charge in [0.05, 0.1) is 17.6 Å². The molecular formula is C13H22O4. The molecule has 1 unspecified atom stereocenters. The number of rotatable bonds is 0. The fourth-order valence-corrected chi connectivity index (χ4v) is 2.04. The van der Waals surface area contributed by atoms with Crippen molar-refractivity contribution < 1.29 is 19.7 Å². The van der Waals surface area contributed by atoms with Crippen molar-refractivity contribution in [3.05, 3.63) is 11.6 Å². The van der Waals surface area contributed by atoms with Crippen LogP contribution >= 0.6 is 0 Å². The molecule has 0 bridgehead atoms. The second-order valence-corrected chi connectivity index (χ2v) is 5.12. The highest BCUT2D eigenvalue weighted by atomic mass is 16.5. The first-order chi connectivity index (χ1) is 7.84. The first kappa shape index (κ1) is 14.2. The lowest BCUT2D eigenvalue weighted by molar-refractivity contribution is -0.159. The van der Waals surface area contributed by atoms with Crippen LogP contribution in [0, 0.1) is 5.92 Å². The van der Waals surface area contributed by atoms with E-state index in [4.69, 9.17) is 4.74 Å². The van der Waals surface area contributed by atoms with Gasteiger partial charge in [-0.1, -0.05) is 5.57 Å². The van der Waals surface area contributed by atoms with Gasteiger partial charge >= 0.3 is 5.97 Å². The lowest BCUT2D eigenvalue weighted by Crippen LogP contribution is -2.46. The van der Waals surface area contributed by atoms with Crippen LogP contribution in [0.1, 0.15) is 40.0 Å². The Kier molecular flexibility index (Phi) is 4.71. The van der Waals surface area contributed by atoms with Crippen molar-refractivity contribution in [3.8, 4) is 0 Å². The molecule has 1 rings (SSSR count). The number of aliphatic hydroxyl groups is 2. The van der Waals surface area contributed by atoms with Gasteiger partial charge in [-0.2, -0.15) is 0 Å². The minimum Gasteiger partial charge on any atom is -0.461 e. The Morgan fingerprint density at radius 2 is 2.18 bits per heavy atom. The van der Waals surface area contributed by atoms with Crippen molar-refractivity contribution in [3.63, 3.8) is 0 Å². The van der Waals surface area contributed by atoms with Crippen LogP contribution in [0.2, 0.25) is 0 Å². The highest BCUT2D eigenvalue weighted by Gasteiger charge is 2.37. The summed E-state index contributed by atoms with van der Waals surface area (Å²) in [7, 11) is 0. The normalized spacial score (nSPS) is 39.8. The summed E-state index contributed by atoms with van der Waals surface area (Å²) in [6.07, 6.45) is 2.88. The van der Waals surface area contributed by atoms with Gasteiger partial charge in [0, 0.05) is 0 Å². The summed E-state index contributed by atoms with van der Waals surface area (Å²) in [6.45, 7) is 5.36. The molecular weight excluding hydrogens is 220 g/mol. The van der Waals surface area contributed by atoms with E-state index in [0.29, 0.717) is 6.42 Å². The zero-order valence-corrected chi connectivity index (χ0v) is 10.8. The number of carbonyl (C=O) groups excluding carboxylic acids is 1. The van der Waals surface area contributed by atoms with Gasteiger partial charge in [0.1, 0.15) is 6.61 Å². The van der Waals surface area contributed by atoms with Crippen LogP contribution in [0.25, 0.3) is 0 Å². The molecule has 0 saturated carbocycles. The summed E-state index contributed by atoms with van der Waals surface area (Å²) in [5.41, 5.74) is -0.110. The summed E-state index contributed by atoms with van der Waals surface area (Å²) in [5, 5.41) is 20.1. The topological polar surface area (TPSA) is 66.8 Å². The Labute approximate surface area is 102 Å². The molecule has 0 aromatic heterocycles. The van der Waals surface area contributed by atoms with Gasteiger partial charge in [-0.05, 0) is 46.1 Å². The van der Waals surface area contributed by atoms with Crippen molar-refractivity contribution in [2.75, 3.05) is 6.61 Å². The van der Waals surface area contributed by atoms with E-state index in [0.717, 1.165) is 18.4 Å². The van der Waals surface area contributed by atoms with E-state index in [1.165, 1.54) is 0 Å². The molecule has 3 atom stereocenters. The third kappa shape index (κ3) is 3.82. The summed E-state index contributed by atoms with van der Waals surface area (Å²) >= 11 is 0. The second kappa shape index (κ2) is 5.65. The van der Waals surface area contributed by atoms with Crippen LogP contribution in [0.3, 0.4) is 0 Å². The van der Waals surface area contributed by atoms with E-state index in [9.17, 15) is 15.0 Å². The minimum absolute atomic E-state index is 0.240. The number of allylic oxidation sites excluding steroid dienone is 1. The molecule has 98 valence electrons. The van der Waals surface area contributed by atoms with Gasteiger partial charge in [0.2, 0.25) is 0 Å². The van der Waals surface area contributed by atoms with Crippen molar-refractivity contribution >= 4 is 5.97 Å². The minimum atomic E-state index is -1.25. The standard InChI is InChI=1S/C13H22O4/c1-9-5-4-7-13(3,16)11(14)10(2)12(15)17-8-6-9/h6,10-11,14,16H,4-5,7-8H2,1-3H3/b9-6+/t10?,11-,13-/m1/s1. The number of ether oxygens (including phenoxy) is 1. The van der Waals surface area contributed by atoms with Crippen LogP contribution in [-0.4, -0.2) is 34.5 Å². The number of aliphatic hydroxyl groups excluding tert-OH is 1. The summed E-state index contributed by atoms with van der Waals surface area (Å²) in [4.78, 5) is 11.6. The van der Waals surface area contributed by atoms with E-state index < -0.39 is 23.6 Å². The molecule has 0 aromatic rings. The molecule has 4 nitrogen and oxygen atoms in total. The molecule has 0 spiro atoms. The third-order valence-electron chi connectivity index (χ3n) is 3.39. The van der Waals surface area contributed by atoms with E-state index in [1.807, 2.05) is 13.0 Å². The van der Waals surface area contributed by atoms with Crippen LogP contribution in [0.4, 0.5) is 0 Å². The maximum Gasteiger partial charge on any atom is 0.311 e. The third-order valence-corrected chi connectivity index (χ3v) is 3.39. The van der Waals surface area contributed by atoms with Gasteiger partial charge in [0.15, 0.2) is 0 Å². The number of hydrogen-bond acceptors (Lipinski definition) is 4. The average Bonchev–Trinajstić information content (AvgIpc) is 2.26. The second-order valence-electron chi connectivity index (χ2n) is 5.12. The van der Waals surface area contributed by atoms with Crippen molar-refractivity contribution in [1.29, 1.82) is 0 Å². The number of hydrogen-bond donors (Lipinski definition) is 2. The quantitative estimate of drug-likeness (QED) is 0.498. The first-order valence-electron chi connectivity index (χ1n) is 6.07. The zero-order chi connectivity index (χ0) is 13.1.